The normalized spacial score (nSPS) is 12.2. The van der Waals surface area contributed by atoms with Gasteiger partial charge in [-0.1, -0.05) is 37.9 Å². The number of aliphatic carboxylic acids is 1. The standard InChI is InChI=1S/C5H6Br2O2/c1-3(5(8)9)2-4(6)7/h2,4H,1H3,(H,8,9). The van der Waals surface area contributed by atoms with Gasteiger partial charge in [0.15, 0.2) is 0 Å². The summed E-state index contributed by atoms with van der Waals surface area (Å²) in [7, 11) is 0. The highest BCUT2D eigenvalue weighted by molar-refractivity contribution is 9.24. The molecule has 4 heteroatoms. The number of rotatable bonds is 2. The number of hydrogen-bond donors (Lipinski definition) is 1. The maximum absolute atomic E-state index is 10.1. The first-order chi connectivity index (χ1) is 4.04. The zero-order valence-corrected chi connectivity index (χ0v) is 7.94. The van der Waals surface area contributed by atoms with Crippen LogP contribution < -0.4 is 0 Å². The van der Waals surface area contributed by atoms with Crippen molar-refractivity contribution in [2.24, 2.45) is 0 Å². The van der Waals surface area contributed by atoms with Gasteiger partial charge < -0.3 is 5.11 Å². The van der Waals surface area contributed by atoms with Gasteiger partial charge in [0.05, 0.1) is 3.74 Å². The fourth-order valence-electron chi connectivity index (χ4n) is 0.260. The number of hydrogen-bond acceptors (Lipinski definition) is 1. The Kier molecular flexibility index (Phi) is 4.14. The Morgan fingerprint density at radius 2 is 2.11 bits per heavy atom. The van der Waals surface area contributed by atoms with Gasteiger partial charge in [0.1, 0.15) is 0 Å². The highest BCUT2D eigenvalue weighted by Crippen LogP contribution is 2.11. The molecule has 2 nitrogen and oxygen atoms in total. The van der Waals surface area contributed by atoms with Gasteiger partial charge >= 0.3 is 5.97 Å². The lowest BCUT2D eigenvalue weighted by molar-refractivity contribution is -0.132. The lowest BCUT2D eigenvalue weighted by atomic mass is 10.3. The summed E-state index contributed by atoms with van der Waals surface area (Å²) in [6.45, 7) is 1.54. The number of alkyl halides is 2. The molecule has 52 valence electrons. The van der Waals surface area contributed by atoms with Crippen molar-refractivity contribution in [2.45, 2.75) is 10.7 Å². The molecule has 0 rings (SSSR count). The Hall–Kier alpha value is 0.170. The van der Waals surface area contributed by atoms with E-state index in [0.29, 0.717) is 5.57 Å². The summed E-state index contributed by atoms with van der Waals surface area (Å²) >= 11 is 6.24. The summed E-state index contributed by atoms with van der Waals surface area (Å²) in [6, 6.07) is 0. The average Bonchev–Trinajstić information content (AvgIpc) is 1.63. The van der Waals surface area contributed by atoms with Gasteiger partial charge in [-0.3, -0.25) is 0 Å². The molecule has 0 spiro atoms. The highest BCUT2D eigenvalue weighted by atomic mass is 79.9. The zero-order valence-electron chi connectivity index (χ0n) is 4.77. The molecule has 0 unspecified atom stereocenters. The highest BCUT2D eigenvalue weighted by Gasteiger charge is 2.00. The average molecular weight is 258 g/mol. The molecule has 0 saturated heterocycles. The van der Waals surface area contributed by atoms with E-state index < -0.39 is 5.97 Å². The second-order valence-corrected chi connectivity index (χ2v) is 4.69. The Morgan fingerprint density at radius 1 is 1.67 bits per heavy atom. The van der Waals surface area contributed by atoms with Crippen LogP contribution in [0, 0.1) is 0 Å². The smallest absolute Gasteiger partial charge is 0.331 e. The van der Waals surface area contributed by atoms with E-state index in [4.69, 9.17) is 5.11 Å². The number of carboxylic acid groups (broad SMARTS) is 1. The third-order valence-corrected chi connectivity index (χ3v) is 1.24. The summed E-state index contributed by atoms with van der Waals surface area (Å²) in [5, 5.41) is 8.32. The van der Waals surface area contributed by atoms with Crippen molar-refractivity contribution in [3.05, 3.63) is 11.6 Å². The first kappa shape index (κ1) is 9.17. The summed E-state index contributed by atoms with van der Waals surface area (Å²) in [6.07, 6.45) is 1.56. The largest absolute Gasteiger partial charge is 0.478 e. The van der Waals surface area contributed by atoms with Crippen LogP contribution in [0.5, 0.6) is 0 Å². The van der Waals surface area contributed by atoms with Crippen LogP contribution in [0.2, 0.25) is 0 Å². The monoisotopic (exact) mass is 256 g/mol. The Balaban J connectivity index is 4.00. The molecule has 1 N–H and O–H groups in total. The maximum atomic E-state index is 10.1. The van der Waals surface area contributed by atoms with Crippen molar-refractivity contribution in [3.8, 4) is 0 Å². The van der Waals surface area contributed by atoms with Crippen molar-refractivity contribution in [2.75, 3.05) is 0 Å². The van der Waals surface area contributed by atoms with Crippen LogP contribution in [-0.2, 0) is 4.79 Å². The molecule has 0 radical (unpaired) electrons. The summed E-state index contributed by atoms with van der Waals surface area (Å²) in [4.78, 5) is 10.1. The van der Waals surface area contributed by atoms with Crippen LogP contribution in [0.3, 0.4) is 0 Å². The number of carbonyl (C=O) groups is 1. The summed E-state index contributed by atoms with van der Waals surface area (Å²) < 4.78 is -0.0545. The Labute approximate surface area is 70.2 Å². The maximum Gasteiger partial charge on any atom is 0.331 e. The molecule has 0 aliphatic rings. The molecule has 0 aromatic carbocycles. The van der Waals surface area contributed by atoms with Crippen molar-refractivity contribution in [1.29, 1.82) is 0 Å². The first-order valence-electron chi connectivity index (χ1n) is 2.24. The van der Waals surface area contributed by atoms with Crippen molar-refractivity contribution >= 4 is 37.8 Å². The predicted octanol–water partition coefficient (Wildman–Crippen LogP) is 2.13. The van der Waals surface area contributed by atoms with Gasteiger partial charge in [0.25, 0.3) is 0 Å². The molecule has 9 heavy (non-hydrogen) atoms. The van der Waals surface area contributed by atoms with E-state index in [0.717, 1.165) is 0 Å². The quantitative estimate of drug-likeness (QED) is 0.608. The Morgan fingerprint density at radius 3 is 2.22 bits per heavy atom. The molecule has 0 bridgehead atoms. The second-order valence-electron chi connectivity index (χ2n) is 1.49. The molecule has 0 fully saturated rings. The molecule has 0 heterocycles. The SMILES string of the molecule is CC(=CC(Br)Br)C(=O)O. The van der Waals surface area contributed by atoms with Crippen LogP contribution in [0.1, 0.15) is 6.92 Å². The van der Waals surface area contributed by atoms with Crippen molar-refractivity contribution in [1.82, 2.24) is 0 Å². The molecule has 0 aliphatic heterocycles. The fourth-order valence-corrected chi connectivity index (χ4v) is 1.05. The molecule has 0 aliphatic carbocycles. The summed E-state index contributed by atoms with van der Waals surface area (Å²) in [5.74, 6) is -0.890. The van der Waals surface area contributed by atoms with Crippen LogP contribution >= 0.6 is 31.9 Å². The van der Waals surface area contributed by atoms with E-state index in [2.05, 4.69) is 31.9 Å². The zero-order chi connectivity index (χ0) is 7.44. The van der Waals surface area contributed by atoms with Crippen molar-refractivity contribution in [3.63, 3.8) is 0 Å². The molecule has 0 amide bonds. The van der Waals surface area contributed by atoms with Crippen LogP contribution in [0.4, 0.5) is 0 Å². The first-order valence-corrected chi connectivity index (χ1v) is 4.07. The minimum absolute atomic E-state index is 0.0545. The molecule has 0 aromatic rings. The molecular weight excluding hydrogens is 252 g/mol. The Bertz CT molecular complexity index is 140. The third-order valence-electron chi connectivity index (χ3n) is 0.713. The van der Waals surface area contributed by atoms with Crippen molar-refractivity contribution < 1.29 is 9.90 Å². The van der Waals surface area contributed by atoms with Gasteiger partial charge in [-0.2, -0.15) is 0 Å². The second kappa shape index (κ2) is 4.06. The van der Waals surface area contributed by atoms with Gasteiger partial charge in [-0.15, -0.1) is 0 Å². The lowest BCUT2D eigenvalue weighted by Gasteiger charge is -1.92. The van der Waals surface area contributed by atoms with Gasteiger partial charge in [-0.05, 0) is 6.92 Å². The molecule has 0 saturated carbocycles. The minimum Gasteiger partial charge on any atom is -0.478 e. The fraction of sp³-hybridized carbons (Fsp3) is 0.400. The molecular formula is C5H6Br2O2. The van der Waals surface area contributed by atoms with Crippen LogP contribution in [0.15, 0.2) is 11.6 Å². The molecule has 0 aromatic heterocycles. The van der Waals surface area contributed by atoms with E-state index in [1.54, 1.807) is 6.08 Å². The van der Waals surface area contributed by atoms with E-state index in [1.807, 2.05) is 0 Å². The van der Waals surface area contributed by atoms with Crippen LogP contribution in [-0.4, -0.2) is 14.8 Å². The van der Waals surface area contributed by atoms with Crippen LogP contribution in [0.25, 0.3) is 0 Å². The topological polar surface area (TPSA) is 37.3 Å². The molecule has 0 atom stereocenters. The van der Waals surface area contributed by atoms with E-state index in [1.165, 1.54) is 6.92 Å². The van der Waals surface area contributed by atoms with Gasteiger partial charge in [-0.25, -0.2) is 4.79 Å². The predicted molar refractivity (Wildman–Crippen MR) is 43.0 cm³/mol. The van der Waals surface area contributed by atoms with Gasteiger partial charge in [0.2, 0.25) is 0 Å². The minimum atomic E-state index is -0.890. The van der Waals surface area contributed by atoms with E-state index in [9.17, 15) is 4.79 Å². The van der Waals surface area contributed by atoms with E-state index in [-0.39, 0.29) is 3.74 Å². The third kappa shape index (κ3) is 4.66. The lowest BCUT2D eigenvalue weighted by Crippen LogP contribution is -1.97. The van der Waals surface area contributed by atoms with Gasteiger partial charge in [0, 0.05) is 5.57 Å². The number of halogens is 2. The number of allylic oxidation sites excluding steroid dienone is 1. The summed E-state index contributed by atoms with van der Waals surface area (Å²) in [5.41, 5.74) is 0.328. The number of carboxylic acids is 1. The van der Waals surface area contributed by atoms with E-state index >= 15 is 0 Å².